The number of nitrogen functional groups attached to an aromatic ring is 1. The largest absolute Gasteiger partial charge is 0.290 e. The van der Waals surface area contributed by atoms with Gasteiger partial charge in [-0.15, -0.1) is 0 Å². The quantitative estimate of drug-likeness (QED) is 0.405. The lowest BCUT2D eigenvalue weighted by Crippen LogP contribution is -2.30. The van der Waals surface area contributed by atoms with Crippen molar-refractivity contribution in [2.45, 2.75) is 13.8 Å². The lowest BCUT2D eigenvalue weighted by atomic mass is 10.1. The molecule has 0 aliphatic carbocycles. The molecule has 5 nitrogen and oxygen atoms in total. The van der Waals surface area contributed by atoms with Crippen molar-refractivity contribution in [3.63, 3.8) is 0 Å². The van der Waals surface area contributed by atoms with Crippen molar-refractivity contribution in [1.82, 2.24) is 15.0 Å². The molecule has 2 heterocycles. The van der Waals surface area contributed by atoms with Crippen LogP contribution >= 0.6 is 0 Å². The molecule has 0 spiro atoms. The number of nitrogens with zero attached hydrogens (tertiary/aromatic N) is 2. The number of carbonyl (C=O) groups excluding carboxylic acids is 1. The van der Waals surface area contributed by atoms with Gasteiger partial charge in [0, 0.05) is 6.20 Å². The number of aromatic nitrogens is 2. The molecule has 0 aliphatic rings. The zero-order valence-corrected chi connectivity index (χ0v) is 8.61. The Bertz CT molecular complexity index is 529. The van der Waals surface area contributed by atoms with Crippen molar-refractivity contribution in [2.24, 2.45) is 5.84 Å². The maximum absolute atomic E-state index is 11.6. The molecule has 2 aromatic rings. The summed E-state index contributed by atoms with van der Waals surface area (Å²) in [6.45, 7) is 3.72. The molecule has 15 heavy (non-hydrogen) atoms. The van der Waals surface area contributed by atoms with Crippen LogP contribution in [0.1, 0.15) is 21.6 Å². The highest BCUT2D eigenvalue weighted by Gasteiger charge is 2.17. The van der Waals surface area contributed by atoms with E-state index in [0.717, 1.165) is 11.1 Å². The van der Waals surface area contributed by atoms with E-state index in [2.05, 4.69) is 10.5 Å². The van der Waals surface area contributed by atoms with Crippen LogP contribution in [0.4, 0.5) is 0 Å². The van der Waals surface area contributed by atoms with Gasteiger partial charge in [-0.2, -0.15) is 5.10 Å². The Morgan fingerprint density at radius 3 is 2.93 bits per heavy atom. The first-order chi connectivity index (χ1) is 7.15. The maximum atomic E-state index is 11.6. The number of pyridine rings is 1. The van der Waals surface area contributed by atoms with Crippen LogP contribution in [0, 0.1) is 13.8 Å². The van der Waals surface area contributed by atoms with Crippen LogP contribution in [0.25, 0.3) is 5.52 Å². The number of nitrogens with one attached hydrogen (secondary N) is 1. The molecule has 2 rings (SSSR count). The van der Waals surface area contributed by atoms with Gasteiger partial charge in [0.25, 0.3) is 5.91 Å². The second-order valence-electron chi connectivity index (χ2n) is 3.42. The molecule has 3 N–H and O–H groups in total. The molecule has 2 aromatic heterocycles. The number of amides is 1. The molecule has 0 radical (unpaired) electrons. The summed E-state index contributed by atoms with van der Waals surface area (Å²) in [5.74, 6) is 4.83. The first-order valence-electron chi connectivity index (χ1n) is 4.60. The van der Waals surface area contributed by atoms with Crippen LogP contribution < -0.4 is 11.3 Å². The number of fused-ring (bicyclic) bond motifs is 1. The fraction of sp³-hybridized carbons (Fsp3) is 0.200. The maximum Gasteiger partial charge on any atom is 0.269 e. The van der Waals surface area contributed by atoms with Crippen LogP contribution in [-0.2, 0) is 0 Å². The fourth-order valence-corrected chi connectivity index (χ4v) is 1.73. The molecule has 1 amide bonds. The van der Waals surface area contributed by atoms with Crippen molar-refractivity contribution in [2.75, 3.05) is 0 Å². The molecular formula is C10H12N4O. The van der Waals surface area contributed by atoms with E-state index >= 15 is 0 Å². The lowest BCUT2D eigenvalue weighted by Gasteiger charge is -2.01. The van der Waals surface area contributed by atoms with Crippen molar-refractivity contribution in [3.05, 3.63) is 35.2 Å². The summed E-state index contributed by atoms with van der Waals surface area (Å²) in [7, 11) is 0. The molecule has 0 unspecified atom stereocenters. The van der Waals surface area contributed by atoms with Gasteiger partial charge in [0.05, 0.1) is 16.8 Å². The number of hydrogen-bond acceptors (Lipinski definition) is 3. The number of hydrogen-bond donors (Lipinski definition) is 2. The summed E-state index contributed by atoms with van der Waals surface area (Å²) in [6.07, 6.45) is 1.81. The van der Waals surface area contributed by atoms with E-state index in [0.29, 0.717) is 11.3 Å². The fourth-order valence-electron chi connectivity index (χ4n) is 1.73. The Balaban J connectivity index is 2.82. The molecule has 0 aliphatic heterocycles. The highest BCUT2D eigenvalue weighted by atomic mass is 16.2. The summed E-state index contributed by atoms with van der Waals surface area (Å²) in [4.78, 5) is 11.6. The molecule has 5 heteroatoms. The SMILES string of the molecule is Cc1nn2cccc(C)c2c1C(=O)NN. The molecule has 0 fully saturated rings. The average Bonchev–Trinajstić information content (AvgIpc) is 2.55. The minimum Gasteiger partial charge on any atom is -0.290 e. The summed E-state index contributed by atoms with van der Waals surface area (Å²) >= 11 is 0. The van der Waals surface area contributed by atoms with E-state index in [9.17, 15) is 4.79 Å². The number of hydrazine groups is 1. The Morgan fingerprint density at radius 1 is 1.53 bits per heavy atom. The van der Waals surface area contributed by atoms with Crippen LogP contribution in [0.2, 0.25) is 0 Å². The highest BCUT2D eigenvalue weighted by Crippen LogP contribution is 2.18. The lowest BCUT2D eigenvalue weighted by molar-refractivity contribution is 0.0954. The summed E-state index contributed by atoms with van der Waals surface area (Å²) < 4.78 is 1.69. The standard InChI is InChI=1S/C10H12N4O/c1-6-4-3-5-14-9(6)8(7(2)13-14)10(15)12-11/h3-5H,11H2,1-2H3,(H,12,15). The van der Waals surface area contributed by atoms with E-state index in [1.54, 1.807) is 11.4 Å². The molecule has 0 bridgehead atoms. The van der Waals surface area contributed by atoms with Gasteiger partial charge in [0.15, 0.2) is 0 Å². The number of carbonyl (C=O) groups is 1. The van der Waals surface area contributed by atoms with Crippen molar-refractivity contribution >= 4 is 11.4 Å². The molecule has 0 saturated carbocycles. The molecule has 78 valence electrons. The third-order valence-electron chi connectivity index (χ3n) is 2.39. The molecule has 0 saturated heterocycles. The normalized spacial score (nSPS) is 10.6. The van der Waals surface area contributed by atoms with Gasteiger partial charge in [-0.25, -0.2) is 10.4 Å². The van der Waals surface area contributed by atoms with E-state index < -0.39 is 0 Å². The zero-order chi connectivity index (χ0) is 11.0. The van der Waals surface area contributed by atoms with Gasteiger partial charge in [-0.05, 0) is 25.5 Å². The van der Waals surface area contributed by atoms with E-state index in [4.69, 9.17) is 5.84 Å². The number of aryl methyl sites for hydroxylation is 2. The second kappa shape index (κ2) is 3.36. The van der Waals surface area contributed by atoms with Crippen molar-refractivity contribution in [3.8, 4) is 0 Å². The monoisotopic (exact) mass is 204 g/mol. The molecule has 0 atom stereocenters. The van der Waals surface area contributed by atoms with Gasteiger partial charge in [0.1, 0.15) is 0 Å². The highest BCUT2D eigenvalue weighted by molar-refractivity contribution is 6.02. The summed E-state index contributed by atoms with van der Waals surface area (Å²) in [6, 6.07) is 3.82. The Morgan fingerprint density at radius 2 is 2.27 bits per heavy atom. The Kier molecular flexibility index (Phi) is 2.17. The van der Waals surface area contributed by atoms with Gasteiger partial charge in [0.2, 0.25) is 0 Å². The Labute approximate surface area is 86.9 Å². The smallest absolute Gasteiger partial charge is 0.269 e. The van der Waals surface area contributed by atoms with E-state index in [1.165, 1.54) is 0 Å². The van der Waals surface area contributed by atoms with Gasteiger partial charge in [-0.1, -0.05) is 6.07 Å². The predicted molar refractivity (Wildman–Crippen MR) is 56.3 cm³/mol. The first kappa shape index (κ1) is 9.67. The van der Waals surface area contributed by atoms with Crippen molar-refractivity contribution in [1.29, 1.82) is 0 Å². The third-order valence-corrected chi connectivity index (χ3v) is 2.39. The van der Waals surface area contributed by atoms with Crippen LogP contribution in [0.3, 0.4) is 0 Å². The van der Waals surface area contributed by atoms with Crippen molar-refractivity contribution < 1.29 is 4.79 Å². The number of rotatable bonds is 1. The molecule has 0 aromatic carbocycles. The Hall–Kier alpha value is -1.88. The van der Waals surface area contributed by atoms with Crippen LogP contribution in [0.15, 0.2) is 18.3 Å². The zero-order valence-electron chi connectivity index (χ0n) is 8.61. The topological polar surface area (TPSA) is 72.4 Å². The summed E-state index contributed by atoms with van der Waals surface area (Å²) in [5.41, 5.74) is 5.15. The first-order valence-corrected chi connectivity index (χ1v) is 4.60. The minimum atomic E-state index is -0.309. The van der Waals surface area contributed by atoms with Gasteiger partial charge in [-0.3, -0.25) is 10.2 Å². The van der Waals surface area contributed by atoms with E-state index in [1.807, 2.05) is 25.3 Å². The van der Waals surface area contributed by atoms with E-state index in [-0.39, 0.29) is 5.91 Å². The predicted octanol–water partition coefficient (Wildman–Crippen LogP) is 0.555. The van der Waals surface area contributed by atoms with Crippen LogP contribution in [-0.4, -0.2) is 15.5 Å². The summed E-state index contributed by atoms with van der Waals surface area (Å²) in [5, 5.41) is 4.24. The average molecular weight is 204 g/mol. The number of nitrogens with two attached hydrogens (primary N) is 1. The minimum absolute atomic E-state index is 0.309. The second-order valence-corrected chi connectivity index (χ2v) is 3.42. The van der Waals surface area contributed by atoms with Crippen LogP contribution in [0.5, 0.6) is 0 Å². The third kappa shape index (κ3) is 1.37. The van der Waals surface area contributed by atoms with Gasteiger partial charge < -0.3 is 0 Å². The molecular weight excluding hydrogens is 192 g/mol. The van der Waals surface area contributed by atoms with Gasteiger partial charge >= 0.3 is 0 Å².